The topological polar surface area (TPSA) is 15.6 Å². The van der Waals surface area contributed by atoms with Gasteiger partial charge in [-0.2, -0.15) is 0 Å². The van der Waals surface area contributed by atoms with Crippen molar-refractivity contribution in [1.29, 1.82) is 0 Å². The van der Waals surface area contributed by atoms with Gasteiger partial charge in [-0.25, -0.2) is 4.99 Å². The summed E-state index contributed by atoms with van der Waals surface area (Å²) in [5.41, 5.74) is 0.118. The van der Waals surface area contributed by atoms with E-state index in [1.807, 2.05) is 6.20 Å². The Balaban J connectivity index is 3.19. The summed E-state index contributed by atoms with van der Waals surface area (Å²) in [4.78, 5) is 6.89. The fraction of sp³-hybridized carbons (Fsp3) is 0.643. The molecular formula is C14H24N2. The van der Waals surface area contributed by atoms with Gasteiger partial charge < -0.3 is 4.90 Å². The van der Waals surface area contributed by atoms with Gasteiger partial charge in [-0.3, -0.25) is 0 Å². The highest BCUT2D eigenvalue weighted by Gasteiger charge is 2.30. The third kappa shape index (κ3) is 3.22. The van der Waals surface area contributed by atoms with Crippen molar-refractivity contribution in [3.8, 4) is 0 Å². The quantitative estimate of drug-likeness (QED) is 0.603. The largest absolute Gasteiger partial charge is 0.331 e. The lowest BCUT2D eigenvalue weighted by atomic mass is 9.91. The van der Waals surface area contributed by atoms with Crippen molar-refractivity contribution < 1.29 is 0 Å². The molecule has 0 unspecified atom stereocenters. The molecule has 16 heavy (non-hydrogen) atoms. The van der Waals surface area contributed by atoms with E-state index in [0.29, 0.717) is 0 Å². The van der Waals surface area contributed by atoms with E-state index in [-0.39, 0.29) is 11.0 Å². The molecule has 0 amide bonds. The summed E-state index contributed by atoms with van der Waals surface area (Å²) in [5.74, 6) is 1.12. The lowest BCUT2D eigenvalue weighted by Gasteiger charge is -2.40. The molecule has 0 fully saturated rings. The Bertz CT molecular complexity index is 322. The lowest BCUT2D eigenvalue weighted by molar-refractivity contribution is 0.285. The highest BCUT2D eigenvalue weighted by molar-refractivity contribution is 5.89. The van der Waals surface area contributed by atoms with Crippen LogP contribution >= 0.6 is 0 Å². The Labute approximate surface area is 99.8 Å². The first-order valence-electron chi connectivity index (χ1n) is 5.92. The lowest BCUT2D eigenvalue weighted by Crippen LogP contribution is -2.47. The van der Waals surface area contributed by atoms with E-state index in [4.69, 9.17) is 0 Å². The Hall–Kier alpha value is -1.05. The summed E-state index contributed by atoms with van der Waals surface area (Å²) in [6.07, 6.45) is 9.30. The zero-order chi connectivity index (χ0) is 12.4. The molecule has 0 saturated heterocycles. The molecule has 0 atom stereocenters. The molecule has 90 valence electrons. The molecule has 0 spiro atoms. The number of allylic oxidation sites excluding steroid dienone is 2. The summed E-state index contributed by atoms with van der Waals surface area (Å²) in [5, 5.41) is 0. The van der Waals surface area contributed by atoms with Gasteiger partial charge in [0.2, 0.25) is 0 Å². The smallest absolute Gasteiger partial charge is 0.114 e. The summed E-state index contributed by atoms with van der Waals surface area (Å²) in [7, 11) is 0. The molecule has 1 rings (SSSR count). The van der Waals surface area contributed by atoms with E-state index in [1.165, 1.54) is 0 Å². The first-order chi connectivity index (χ1) is 7.23. The van der Waals surface area contributed by atoms with Crippen molar-refractivity contribution in [1.82, 2.24) is 4.90 Å². The fourth-order valence-corrected chi connectivity index (χ4v) is 1.66. The highest BCUT2D eigenvalue weighted by atomic mass is 15.2. The van der Waals surface area contributed by atoms with Crippen LogP contribution in [0.4, 0.5) is 0 Å². The minimum absolute atomic E-state index is 0.0549. The first-order valence-corrected chi connectivity index (χ1v) is 5.92. The van der Waals surface area contributed by atoms with E-state index >= 15 is 0 Å². The summed E-state index contributed by atoms with van der Waals surface area (Å²) in [6.45, 7) is 13.2. The molecule has 1 heterocycles. The second-order valence-corrected chi connectivity index (χ2v) is 6.25. The fourth-order valence-electron chi connectivity index (χ4n) is 1.66. The number of rotatable bonds is 0. The molecule has 0 radical (unpaired) electrons. The SMILES string of the molecule is CC(C)(C)C1=N/C=C\C/C=C\N1C(C)(C)C. The number of nitrogens with zero attached hydrogens (tertiary/aromatic N) is 2. The number of aliphatic imine (C=N–C) groups is 1. The zero-order valence-corrected chi connectivity index (χ0v) is 11.4. The van der Waals surface area contributed by atoms with Crippen LogP contribution in [0.15, 0.2) is 29.5 Å². The van der Waals surface area contributed by atoms with Crippen LogP contribution in [0.3, 0.4) is 0 Å². The molecular weight excluding hydrogens is 196 g/mol. The molecule has 2 heteroatoms. The average Bonchev–Trinajstić information content (AvgIpc) is 1.96. The molecule has 2 nitrogen and oxygen atoms in total. The maximum Gasteiger partial charge on any atom is 0.114 e. The number of hydrogen-bond donors (Lipinski definition) is 0. The number of hydrogen-bond acceptors (Lipinski definition) is 2. The maximum absolute atomic E-state index is 4.61. The van der Waals surface area contributed by atoms with Crippen LogP contribution in [0.25, 0.3) is 0 Å². The first kappa shape index (κ1) is 13.0. The zero-order valence-electron chi connectivity index (χ0n) is 11.4. The van der Waals surface area contributed by atoms with Crippen molar-refractivity contribution >= 4 is 5.84 Å². The van der Waals surface area contributed by atoms with E-state index in [1.54, 1.807) is 0 Å². The van der Waals surface area contributed by atoms with Crippen LogP contribution in [0.2, 0.25) is 0 Å². The predicted octanol–water partition coefficient (Wildman–Crippen LogP) is 3.96. The van der Waals surface area contributed by atoms with Crippen LogP contribution < -0.4 is 0 Å². The van der Waals surface area contributed by atoms with Gasteiger partial charge in [-0.05, 0) is 27.2 Å². The molecule has 0 aromatic carbocycles. The molecule has 1 aliphatic heterocycles. The third-order valence-corrected chi connectivity index (χ3v) is 2.45. The van der Waals surface area contributed by atoms with Gasteiger partial charge in [0.05, 0.1) is 0 Å². The Morgan fingerprint density at radius 2 is 1.69 bits per heavy atom. The average molecular weight is 220 g/mol. The Morgan fingerprint density at radius 3 is 2.19 bits per heavy atom. The Kier molecular flexibility index (Phi) is 3.61. The van der Waals surface area contributed by atoms with Crippen molar-refractivity contribution in [2.24, 2.45) is 10.4 Å². The van der Waals surface area contributed by atoms with E-state index in [2.05, 4.69) is 69.8 Å². The molecule has 0 N–H and O–H groups in total. The molecule has 0 aliphatic carbocycles. The van der Waals surface area contributed by atoms with Crippen LogP contribution in [-0.4, -0.2) is 16.3 Å². The van der Waals surface area contributed by atoms with Crippen molar-refractivity contribution in [3.05, 3.63) is 24.6 Å². The van der Waals surface area contributed by atoms with Gasteiger partial charge in [-0.1, -0.05) is 32.9 Å². The maximum atomic E-state index is 4.61. The minimum Gasteiger partial charge on any atom is -0.331 e. The molecule has 1 aliphatic rings. The molecule has 0 saturated carbocycles. The molecule has 0 aromatic heterocycles. The summed E-state index contributed by atoms with van der Waals surface area (Å²) in [6, 6.07) is 0. The standard InChI is InChI=1S/C14H24N2/c1-13(2,3)12-15-10-8-7-9-11-16(12)14(4,5)6/h8-11H,7H2,1-6H3/b10-8-,11-9-,15-12?. The van der Waals surface area contributed by atoms with Crippen molar-refractivity contribution in [3.63, 3.8) is 0 Å². The van der Waals surface area contributed by atoms with Crippen molar-refractivity contribution in [2.45, 2.75) is 53.5 Å². The van der Waals surface area contributed by atoms with Gasteiger partial charge in [0.1, 0.15) is 5.84 Å². The predicted molar refractivity (Wildman–Crippen MR) is 71.4 cm³/mol. The summed E-state index contributed by atoms with van der Waals surface area (Å²) >= 11 is 0. The van der Waals surface area contributed by atoms with Crippen molar-refractivity contribution in [2.75, 3.05) is 0 Å². The third-order valence-electron chi connectivity index (χ3n) is 2.45. The van der Waals surface area contributed by atoms with Crippen LogP contribution in [0, 0.1) is 5.41 Å². The normalized spacial score (nSPS) is 22.1. The van der Waals surface area contributed by atoms with Gasteiger partial charge in [-0.15, -0.1) is 0 Å². The Morgan fingerprint density at radius 1 is 1.06 bits per heavy atom. The van der Waals surface area contributed by atoms with Gasteiger partial charge in [0.15, 0.2) is 0 Å². The minimum atomic E-state index is 0.0549. The molecule has 0 aromatic rings. The van der Waals surface area contributed by atoms with Crippen LogP contribution in [0.1, 0.15) is 48.0 Å². The van der Waals surface area contributed by atoms with E-state index < -0.39 is 0 Å². The second-order valence-electron chi connectivity index (χ2n) is 6.25. The monoisotopic (exact) mass is 220 g/mol. The van der Waals surface area contributed by atoms with E-state index in [0.717, 1.165) is 12.3 Å². The summed E-state index contributed by atoms with van der Waals surface area (Å²) < 4.78 is 0. The van der Waals surface area contributed by atoms with Crippen LogP contribution in [-0.2, 0) is 0 Å². The highest BCUT2D eigenvalue weighted by Crippen LogP contribution is 2.26. The second kappa shape index (κ2) is 4.44. The van der Waals surface area contributed by atoms with Crippen LogP contribution in [0.5, 0.6) is 0 Å². The molecule has 0 bridgehead atoms. The van der Waals surface area contributed by atoms with E-state index in [9.17, 15) is 0 Å². The number of amidine groups is 1. The van der Waals surface area contributed by atoms with Gasteiger partial charge in [0.25, 0.3) is 0 Å². The van der Waals surface area contributed by atoms with Gasteiger partial charge in [0, 0.05) is 23.4 Å². The van der Waals surface area contributed by atoms with Gasteiger partial charge >= 0.3 is 0 Å².